The van der Waals surface area contributed by atoms with Crippen LogP contribution in [0.2, 0.25) is 0 Å². The molecule has 0 atom stereocenters. The van der Waals surface area contributed by atoms with Gasteiger partial charge in [-0.25, -0.2) is 0 Å². The van der Waals surface area contributed by atoms with Gasteiger partial charge in [-0.3, -0.25) is 0 Å². The van der Waals surface area contributed by atoms with Gasteiger partial charge in [-0.1, -0.05) is 70.3 Å². The van der Waals surface area contributed by atoms with E-state index >= 15 is 0 Å². The van der Waals surface area contributed by atoms with Gasteiger partial charge in [0.2, 0.25) is 0 Å². The van der Waals surface area contributed by atoms with Gasteiger partial charge < -0.3 is 0 Å². The monoisotopic (exact) mass is 236 g/mol. The van der Waals surface area contributed by atoms with Crippen LogP contribution in [0.15, 0.2) is 24.3 Å². The number of unbranched alkanes of at least 4 members (excludes halogenated alkanes) is 8. The Balaban J connectivity index is 3.07. The van der Waals surface area contributed by atoms with Crippen LogP contribution >= 0.6 is 0 Å². The average Bonchev–Trinajstić information content (AvgIpc) is 2.35. The SMILES string of the molecule is CCCC/C=C/CCCCC/C=C/CCCC. The summed E-state index contributed by atoms with van der Waals surface area (Å²) in [5.41, 5.74) is 0. The van der Waals surface area contributed by atoms with Crippen LogP contribution in [-0.2, 0) is 0 Å². The van der Waals surface area contributed by atoms with Gasteiger partial charge in [-0.05, 0) is 38.5 Å². The Bertz CT molecular complexity index is 156. The maximum absolute atomic E-state index is 2.37. The van der Waals surface area contributed by atoms with Crippen LogP contribution in [0.3, 0.4) is 0 Å². The van der Waals surface area contributed by atoms with E-state index in [4.69, 9.17) is 0 Å². The molecule has 0 bridgehead atoms. The van der Waals surface area contributed by atoms with Crippen molar-refractivity contribution < 1.29 is 0 Å². The smallest absolute Gasteiger partial charge is 0.0351 e. The van der Waals surface area contributed by atoms with Crippen molar-refractivity contribution >= 4 is 0 Å². The summed E-state index contributed by atoms with van der Waals surface area (Å²) in [6, 6.07) is 0. The third-order valence-corrected chi connectivity index (χ3v) is 3.02. The van der Waals surface area contributed by atoms with Crippen LogP contribution in [0, 0.1) is 0 Å². The zero-order valence-electron chi connectivity index (χ0n) is 12.1. The standard InChI is InChI=1S/C17H32/c1-3-5-7-9-11-13-15-17-16-14-12-10-8-6-4-2/h9-12H,3-8,13-17H2,1-2H3/b11-9+,12-10+. The molecule has 0 saturated heterocycles. The highest BCUT2D eigenvalue weighted by molar-refractivity contribution is 4.82. The first-order chi connectivity index (χ1) is 8.41. The first-order valence-corrected chi connectivity index (χ1v) is 7.71. The van der Waals surface area contributed by atoms with Gasteiger partial charge in [0.15, 0.2) is 0 Å². The molecule has 0 N–H and O–H groups in total. The quantitative estimate of drug-likeness (QED) is 0.270. The molecule has 0 aromatic heterocycles. The van der Waals surface area contributed by atoms with Gasteiger partial charge in [0, 0.05) is 0 Å². The molecular formula is C17H32. The molecule has 0 fully saturated rings. The fourth-order valence-electron chi connectivity index (χ4n) is 1.82. The predicted octanol–water partition coefficient (Wildman–Crippen LogP) is 6.43. The maximum Gasteiger partial charge on any atom is -0.0351 e. The number of rotatable bonds is 12. The van der Waals surface area contributed by atoms with Crippen LogP contribution in [0.25, 0.3) is 0 Å². The molecule has 0 radical (unpaired) electrons. The van der Waals surface area contributed by atoms with E-state index in [1.54, 1.807) is 0 Å². The van der Waals surface area contributed by atoms with E-state index in [0.29, 0.717) is 0 Å². The van der Waals surface area contributed by atoms with Crippen molar-refractivity contribution in [1.82, 2.24) is 0 Å². The minimum Gasteiger partial charge on any atom is -0.0885 e. The lowest BCUT2D eigenvalue weighted by Gasteiger charge is -1.95. The first-order valence-electron chi connectivity index (χ1n) is 7.71. The van der Waals surface area contributed by atoms with Gasteiger partial charge >= 0.3 is 0 Å². The summed E-state index contributed by atoms with van der Waals surface area (Å²) >= 11 is 0. The van der Waals surface area contributed by atoms with Crippen LogP contribution in [0.4, 0.5) is 0 Å². The molecule has 0 aliphatic heterocycles. The summed E-state index contributed by atoms with van der Waals surface area (Å²) in [6.07, 6.45) is 24.0. The van der Waals surface area contributed by atoms with E-state index in [9.17, 15) is 0 Å². The van der Waals surface area contributed by atoms with Crippen molar-refractivity contribution in [2.45, 2.75) is 84.5 Å². The minimum atomic E-state index is 1.27. The second-order valence-electron chi connectivity index (χ2n) is 4.87. The van der Waals surface area contributed by atoms with Crippen LogP contribution in [0.5, 0.6) is 0 Å². The molecule has 0 spiro atoms. The van der Waals surface area contributed by atoms with Crippen LogP contribution in [0.1, 0.15) is 84.5 Å². The summed E-state index contributed by atoms with van der Waals surface area (Å²) in [7, 11) is 0. The maximum atomic E-state index is 2.37. The molecule has 0 rings (SSSR count). The Morgan fingerprint density at radius 2 is 0.824 bits per heavy atom. The van der Waals surface area contributed by atoms with Gasteiger partial charge in [0.05, 0.1) is 0 Å². The van der Waals surface area contributed by atoms with Crippen molar-refractivity contribution in [1.29, 1.82) is 0 Å². The van der Waals surface area contributed by atoms with E-state index < -0.39 is 0 Å². The molecular weight excluding hydrogens is 204 g/mol. The Kier molecular flexibility index (Phi) is 15.0. The lowest BCUT2D eigenvalue weighted by Crippen LogP contribution is -1.76. The lowest BCUT2D eigenvalue weighted by molar-refractivity contribution is 0.692. The van der Waals surface area contributed by atoms with Gasteiger partial charge in [0.1, 0.15) is 0 Å². The molecule has 0 aliphatic rings. The summed E-state index contributed by atoms with van der Waals surface area (Å²) in [4.78, 5) is 0. The molecule has 0 unspecified atom stereocenters. The van der Waals surface area contributed by atoms with Crippen molar-refractivity contribution in [3.63, 3.8) is 0 Å². The van der Waals surface area contributed by atoms with Crippen LogP contribution in [-0.4, -0.2) is 0 Å². The molecule has 0 saturated carbocycles. The van der Waals surface area contributed by atoms with E-state index in [1.807, 2.05) is 0 Å². The molecule has 0 heteroatoms. The predicted molar refractivity (Wildman–Crippen MR) is 80.4 cm³/mol. The topological polar surface area (TPSA) is 0 Å². The molecule has 0 amide bonds. The second-order valence-corrected chi connectivity index (χ2v) is 4.87. The zero-order chi connectivity index (χ0) is 12.6. The minimum absolute atomic E-state index is 1.27. The van der Waals surface area contributed by atoms with Crippen molar-refractivity contribution in [3.8, 4) is 0 Å². The van der Waals surface area contributed by atoms with E-state index in [-0.39, 0.29) is 0 Å². The van der Waals surface area contributed by atoms with Crippen LogP contribution < -0.4 is 0 Å². The summed E-state index contributed by atoms with van der Waals surface area (Å²) in [5, 5.41) is 0. The largest absolute Gasteiger partial charge is 0.0885 e. The fourth-order valence-corrected chi connectivity index (χ4v) is 1.82. The Hall–Kier alpha value is -0.520. The first kappa shape index (κ1) is 16.5. The van der Waals surface area contributed by atoms with Crippen molar-refractivity contribution in [2.75, 3.05) is 0 Å². The third-order valence-electron chi connectivity index (χ3n) is 3.02. The number of allylic oxidation sites excluding steroid dienone is 4. The number of hydrogen-bond donors (Lipinski definition) is 0. The van der Waals surface area contributed by atoms with E-state index in [0.717, 1.165) is 0 Å². The average molecular weight is 236 g/mol. The highest BCUT2D eigenvalue weighted by atomic mass is 13.9. The van der Waals surface area contributed by atoms with Crippen molar-refractivity contribution in [2.24, 2.45) is 0 Å². The van der Waals surface area contributed by atoms with E-state index in [1.165, 1.54) is 70.6 Å². The summed E-state index contributed by atoms with van der Waals surface area (Å²) < 4.78 is 0. The number of hydrogen-bond acceptors (Lipinski definition) is 0. The van der Waals surface area contributed by atoms with Crippen molar-refractivity contribution in [3.05, 3.63) is 24.3 Å². The highest BCUT2D eigenvalue weighted by Crippen LogP contribution is 2.06. The molecule has 17 heavy (non-hydrogen) atoms. The molecule has 0 aliphatic carbocycles. The molecule has 0 aromatic rings. The van der Waals surface area contributed by atoms with Gasteiger partial charge in [-0.15, -0.1) is 0 Å². The Labute approximate surface area is 109 Å². The van der Waals surface area contributed by atoms with Gasteiger partial charge in [-0.2, -0.15) is 0 Å². The third kappa shape index (κ3) is 15.5. The second kappa shape index (κ2) is 15.5. The van der Waals surface area contributed by atoms with E-state index in [2.05, 4.69) is 38.2 Å². The fraction of sp³-hybridized carbons (Fsp3) is 0.765. The lowest BCUT2D eigenvalue weighted by atomic mass is 10.1. The normalized spacial score (nSPS) is 11.9. The summed E-state index contributed by atoms with van der Waals surface area (Å²) in [6.45, 7) is 4.50. The summed E-state index contributed by atoms with van der Waals surface area (Å²) in [5.74, 6) is 0. The molecule has 100 valence electrons. The molecule has 0 nitrogen and oxygen atoms in total. The Morgan fingerprint density at radius 3 is 1.18 bits per heavy atom. The highest BCUT2D eigenvalue weighted by Gasteiger charge is 1.86. The zero-order valence-corrected chi connectivity index (χ0v) is 12.1. The molecule has 0 heterocycles. The Morgan fingerprint density at radius 1 is 0.471 bits per heavy atom. The molecule has 0 aromatic carbocycles. The van der Waals surface area contributed by atoms with Gasteiger partial charge in [0.25, 0.3) is 0 Å².